The van der Waals surface area contributed by atoms with E-state index < -0.39 is 10.8 Å². The molecule has 2 heterocycles. The molecule has 1 aliphatic heterocycles. The lowest BCUT2D eigenvalue weighted by atomic mass is 9.75. The van der Waals surface area contributed by atoms with Gasteiger partial charge in [0.15, 0.2) is 10.1 Å². The number of nitro benzene ring substituents is 1. The smallest absolute Gasteiger partial charge is 0.271 e. The Kier molecular flexibility index (Phi) is 7.63. The number of non-ortho nitro benzene ring substituents is 1. The molecule has 1 aliphatic carbocycles. The Bertz CT molecular complexity index is 1640. The maximum Gasteiger partial charge on any atom is 0.271 e. The molecule has 0 spiro atoms. The minimum absolute atomic E-state index is 0.00607. The van der Waals surface area contributed by atoms with Crippen molar-refractivity contribution < 1.29 is 14.5 Å². The van der Waals surface area contributed by atoms with E-state index in [4.69, 9.17) is 5.73 Å². The van der Waals surface area contributed by atoms with Gasteiger partial charge in [0.25, 0.3) is 5.69 Å². The van der Waals surface area contributed by atoms with Crippen molar-refractivity contribution >= 4 is 51.3 Å². The van der Waals surface area contributed by atoms with Crippen molar-refractivity contribution in [1.29, 1.82) is 5.26 Å². The van der Waals surface area contributed by atoms with Gasteiger partial charge in [0.1, 0.15) is 5.82 Å². The number of ketones is 1. The van der Waals surface area contributed by atoms with Crippen LogP contribution in [-0.4, -0.2) is 32.6 Å². The lowest BCUT2D eigenvalue weighted by Gasteiger charge is -2.38. The number of anilines is 2. The van der Waals surface area contributed by atoms with E-state index in [0.29, 0.717) is 40.0 Å². The highest BCUT2D eigenvalue weighted by Gasteiger charge is 2.41. The van der Waals surface area contributed by atoms with Crippen LogP contribution in [0.3, 0.4) is 0 Å². The number of carbonyl (C=O) groups is 2. The number of hydrogen-bond acceptors (Lipinski definition) is 11. The highest BCUT2D eigenvalue weighted by molar-refractivity contribution is 8.01. The molecule has 0 fully saturated rings. The van der Waals surface area contributed by atoms with Crippen LogP contribution in [0, 0.1) is 28.4 Å². The Morgan fingerprint density at radius 2 is 2.08 bits per heavy atom. The SMILES string of the molecule is Cc1ccccc1C1C(C#N)=C(N)N(c2nnc(SCC(=O)Nc3cccc([N+](=O)[O-])c3)s2)C2=C1C(=O)CCC2. The number of aryl methyl sites for hydroxylation is 1. The predicted molar refractivity (Wildman–Crippen MR) is 151 cm³/mol. The molecule has 202 valence electrons. The zero-order chi connectivity index (χ0) is 28.4. The number of allylic oxidation sites excluding steroid dienone is 3. The summed E-state index contributed by atoms with van der Waals surface area (Å²) < 4.78 is 0.487. The second-order valence-corrected chi connectivity index (χ2v) is 11.3. The fourth-order valence-electron chi connectivity index (χ4n) is 4.90. The molecular weight excluding hydrogens is 550 g/mol. The van der Waals surface area contributed by atoms with Crippen molar-refractivity contribution in [3.8, 4) is 6.07 Å². The average Bonchev–Trinajstić information content (AvgIpc) is 3.40. The molecule has 1 unspecified atom stereocenters. The maximum absolute atomic E-state index is 13.3. The number of nitro groups is 1. The van der Waals surface area contributed by atoms with Gasteiger partial charge in [-0.25, -0.2) is 0 Å². The zero-order valence-corrected chi connectivity index (χ0v) is 22.9. The summed E-state index contributed by atoms with van der Waals surface area (Å²) in [4.78, 5) is 37.9. The minimum atomic E-state index is -0.551. The van der Waals surface area contributed by atoms with Crippen LogP contribution in [0.25, 0.3) is 0 Å². The Morgan fingerprint density at radius 1 is 1.27 bits per heavy atom. The summed E-state index contributed by atoms with van der Waals surface area (Å²) in [5.41, 5.74) is 10.2. The molecule has 5 rings (SSSR count). The van der Waals surface area contributed by atoms with Gasteiger partial charge in [0.05, 0.1) is 28.2 Å². The second-order valence-electron chi connectivity index (χ2n) is 9.17. The predicted octanol–water partition coefficient (Wildman–Crippen LogP) is 4.79. The van der Waals surface area contributed by atoms with E-state index in [0.717, 1.165) is 28.6 Å². The molecule has 11 nitrogen and oxygen atoms in total. The molecule has 0 bridgehead atoms. The van der Waals surface area contributed by atoms with E-state index in [2.05, 4.69) is 21.6 Å². The fraction of sp³-hybridized carbons (Fsp3) is 0.222. The highest BCUT2D eigenvalue weighted by atomic mass is 32.2. The summed E-state index contributed by atoms with van der Waals surface area (Å²) in [6, 6.07) is 15.6. The first-order valence-corrected chi connectivity index (χ1v) is 14.1. The van der Waals surface area contributed by atoms with E-state index in [-0.39, 0.29) is 34.5 Å². The van der Waals surface area contributed by atoms with Crippen molar-refractivity contribution in [2.45, 2.75) is 36.4 Å². The van der Waals surface area contributed by atoms with Crippen LogP contribution in [0.1, 0.15) is 36.3 Å². The minimum Gasteiger partial charge on any atom is -0.384 e. The zero-order valence-electron chi connectivity index (χ0n) is 21.3. The van der Waals surface area contributed by atoms with Gasteiger partial charge in [-0.2, -0.15) is 5.26 Å². The topological polar surface area (TPSA) is 168 Å². The lowest BCUT2D eigenvalue weighted by molar-refractivity contribution is -0.384. The third-order valence-electron chi connectivity index (χ3n) is 6.67. The van der Waals surface area contributed by atoms with Crippen LogP contribution in [0.4, 0.5) is 16.5 Å². The summed E-state index contributed by atoms with van der Waals surface area (Å²) in [7, 11) is 0. The molecule has 2 aromatic carbocycles. The van der Waals surface area contributed by atoms with Gasteiger partial charge in [0.2, 0.25) is 11.0 Å². The van der Waals surface area contributed by atoms with Crippen LogP contribution in [0.2, 0.25) is 0 Å². The number of nitrogens with two attached hydrogens (primary N) is 1. The van der Waals surface area contributed by atoms with Crippen LogP contribution in [0.15, 0.2) is 75.5 Å². The summed E-state index contributed by atoms with van der Waals surface area (Å²) in [6.07, 6.45) is 1.64. The summed E-state index contributed by atoms with van der Waals surface area (Å²) in [6.45, 7) is 1.95. The van der Waals surface area contributed by atoms with E-state index in [1.807, 2.05) is 31.2 Å². The first-order valence-electron chi connectivity index (χ1n) is 12.3. The number of carbonyl (C=O) groups excluding carboxylic acids is 2. The number of amides is 1. The number of hydrogen-bond donors (Lipinski definition) is 2. The Hall–Kier alpha value is -4.54. The molecule has 3 N–H and O–H groups in total. The molecule has 1 amide bonds. The third kappa shape index (κ3) is 5.18. The molecule has 2 aliphatic rings. The van der Waals surface area contributed by atoms with Crippen LogP contribution >= 0.6 is 23.1 Å². The second kappa shape index (κ2) is 11.3. The quantitative estimate of drug-likeness (QED) is 0.228. The molecule has 0 radical (unpaired) electrons. The Morgan fingerprint density at radius 3 is 2.83 bits per heavy atom. The van der Waals surface area contributed by atoms with Crippen LogP contribution in [-0.2, 0) is 9.59 Å². The summed E-state index contributed by atoms with van der Waals surface area (Å²) >= 11 is 2.34. The van der Waals surface area contributed by atoms with E-state index in [9.17, 15) is 25.0 Å². The first kappa shape index (κ1) is 27.0. The fourth-order valence-corrected chi connectivity index (χ4v) is 6.58. The van der Waals surface area contributed by atoms with Crippen molar-refractivity contribution in [1.82, 2.24) is 10.2 Å². The summed E-state index contributed by atoms with van der Waals surface area (Å²) in [5.74, 6) is -0.731. The van der Waals surface area contributed by atoms with Gasteiger partial charge in [-0.15, -0.1) is 10.2 Å². The first-order chi connectivity index (χ1) is 19.3. The monoisotopic (exact) mass is 573 g/mol. The average molecular weight is 574 g/mol. The molecule has 3 aromatic rings. The Labute approximate surface area is 237 Å². The summed E-state index contributed by atoms with van der Waals surface area (Å²) in [5, 5.41) is 32.7. The lowest BCUT2D eigenvalue weighted by Crippen LogP contribution is -2.38. The van der Waals surface area contributed by atoms with Crippen molar-refractivity contribution in [3.63, 3.8) is 0 Å². The number of nitriles is 1. The number of nitrogens with zero attached hydrogens (tertiary/aromatic N) is 5. The third-order valence-corrected chi connectivity index (χ3v) is 8.71. The largest absolute Gasteiger partial charge is 0.384 e. The van der Waals surface area contributed by atoms with Gasteiger partial charge in [0, 0.05) is 35.5 Å². The molecule has 1 atom stereocenters. The number of rotatable bonds is 7. The van der Waals surface area contributed by atoms with Crippen molar-refractivity contribution in [2.75, 3.05) is 16.0 Å². The molecule has 13 heteroatoms. The molecule has 1 aromatic heterocycles. The molecule has 0 saturated carbocycles. The van der Waals surface area contributed by atoms with Gasteiger partial charge in [-0.3, -0.25) is 24.6 Å². The molecular formula is C27H23N7O4S2. The van der Waals surface area contributed by atoms with Gasteiger partial charge in [-0.05, 0) is 37.0 Å². The van der Waals surface area contributed by atoms with Gasteiger partial charge in [-0.1, -0.05) is 53.4 Å². The van der Waals surface area contributed by atoms with Crippen molar-refractivity contribution in [2.24, 2.45) is 5.73 Å². The normalized spacial score (nSPS) is 16.9. The van der Waals surface area contributed by atoms with E-state index in [1.54, 1.807) is 11.0 Å². The van der Waals surface area contributed by atoms with E-state index in [1.165, 1.54) is 29.5 Å². The number of thioether (sulfide) groups is 1. The van der Waals surface area contributed by atoms with Gasteiger partial charge >= 0.3 is 0 Å². The molecule has 40 heavy (non-hydrogen) atoms. The number of nitrogens with one attached hydrogen (secondary N) is 1. The van der Waals surface area contributed by atoms with Crippen LogP contribution < -0.4 is 16.0 Å². The number of benzene rings is 2. The van der Waals surface area contributed by atoms with Gasteiger partial charge < -0.3 is 11.1 Å². The standard InChI is InChI=1S/C27H23N7O4S2/c1-15-6-2-3-9-18(15)23-19(13-28)25(29)33(20-10-5-11-21(35)24(20)23)26-31-32-27(40-26)39-14-22(36)30-16-7-4-8-17(12-16)34(37)38/h2-4,6-9,12,23H,5,10-11,14,29H2,1H3,(H,30,36). The van der Waals surface area contributed by atoms with Crippen molar-refractivity contribution in [3.05, 3.63) is 92.4 Å². The van der Waals surface area contributed by atoms with E-state index >= 15 is 0 Å². The molecule has 0 saturated heterocycles. The maximum atomic E-state index is 13.3. The highest BCUT2D eigenvalue weighted by Crippen LogP contribution is 2.47. The number of aromatic nitrogens is 2. The number of Topliss-reactive ketones (excluding diaryl/α,β-unsaturated/α-hetero) is 1. The Balaban J connectivity index is 1.40. The van der Waals surface area contributed by atoms with Crippen LogP contribution in [0.5, 0.6) is 0 Å².